The highest BCUT2D eigenvalue weighted by Crippen LogP contribution is 2.15. The van der Waals surface area contributed by atoms with Gasteiger partial charge >= 0.3 is 5.97 Å². The molecule has 94 valence electrons. The number of carbonyl (C=O) groups is 1. The van der Waals surface area contributed by atoms with E-state index in [9.17, 15) is 4.79 Å². The summed E-state index contributed by atoms with van der Waals surface area (Å²) >= 11 is 0. The lowest BCUT2D eigenvalue weighted by molar-refractivity contribution is 0.0690. The topological polar surface area (TPSA) is 71.2 Å². The number of rotatable bonds is 4. The molecule has 0 unspecified atom stereocenters. The molecule has 0 aliphatic carbocycles. The van der Waals surface area contributed by atoms with Gasteiger partial charge < -0.3 is 10.0 Å². The summed E-state index contributed by atoms with van der Waals surface area (Å²) in [5.74, 6) is -1.02. The largest absolute Gasteiger partial charge is 0.477 e. The molecule has 2 aromatic heterocycles. The smallest absolute Gasteiger partial charge is 0.354 e. The number of aryl methyl sites for hydroxylation is 1. The lowest BCUT2D eigenvalue weighted by Crippen LogP contribution is -2.16. The molecule has 0 radical (unpaired) electrons. The summed E-state index contributed by atoms with van der Waals surface area (Å²) in [4.78, 5) is 16.6. The van der Waals surface area contributed by atoms with Crippen LogP contribution < -0.4 is 4.90 Å². The molecule has 0 fully saturated rings. The Balaban J connectivity index is 2.15. The maximum atomic E-state index is 10.8. The Morgan fingerprint density at radius 2 is 2.33 bits per heavy atom. The summed E-state index contributed by atoms with van der Waals surface area (Å²) in [6, 6.07) is 3.33. The minimum Gasteiger partial charge on any atom is -0.477 e. The van der Waals surface area contributed by atoms with Crippen LogP contribution in [-0.2, 0) is 13.6 Å². The normalized spacial score (nSPS) is 10.3. The first kappa shape index (κ1) is 12.1. The summed E-state index contributed by atoms with van der Waals surface area (Å²) in [5, 5.41) is 13.0. The predicted molar refractivity (Wildman–Crippen MR) is 66.5 cm³/mol. The lowest BCUT2D eigenvalue weighted by Gasteiger charge is -2.18. The number of aromatic nitrogens is 3. The number of hydrogen-bond donors (Lipinski definition) is 1. The monoisotopic (exact) mass is 246 g/mol. The van der Waals surface area contributed by atoms with Crippen LogP contribution in [0.5, 0.6) is 0 Å². The molecule has 0 spiro atoms. The van der Waals surface area contributed by atoms with Crippen LogP contribution in [0.15, 0.2) is 30.7 Å². The van der Waals surface area contributed by atoms with E-state index in [-0.39, 0.29) is 5.69 Å². The van der Waals surface area contributed by atoms with Crippen molar-refractivity contribution in [1.82, 2.24) is 14.8 Å². The molecule has 1 N–H and O–H groups in total. The van der Waals surface area contributed by atoms with Gasteiger partial charge in [0.15, 0.2) is 0 Å². The molecule has 0 aliphatic heterocycles. The van der Waals surface area contributed by atoms with Gasteiger partial charge in [0.2, 0.25) is 0 Å². The Morgan fingerprint density at radius 1 is 1.56 bits per heavy atom. The first-order valence-corrected chi connectivity index (χ1v) is 5.44. The minimum atomic E-state index is -1.02. The van der Waals surface area contributed by atoms with Crippen molar-refractivity contribution >= 4 is 11.7 Å². The highest BCUT2D eigenvalue weighted by molar-refractivity contribution is 5.86. The van der Waals surface area contributed by atoms with Gasteiger partial charge in [-0.05, 0) is 12.1 Å². The number of anilines is 1. The van der Waals surface area contributed by atoms with Gasteiger partial charge in [-0.15, -0.1) is 0 Å². The van der Waals surface area contributed by atoms with Gasteiger partial charge in [0.1, 0.15) is 5.69 Å². The molecule has 0 amide bonds. The zero-order valence-electron chi connectivity index (χ0n) is 10.2. The summed E-state index contributed by atoms with van der Waals surface area (Å²) < 4.78 is 1.73. The number of hydrogen-bond acceptors (Lipinski definition) is 4. The summed E-state index contributed by atoms with van der Waals surface area (Å²) in [6.07, 6.45) is 5.21. The van der Waals surface area contributed by atoms with Gasteiger partial charge in [-0.2, -0.15) is 5.10 Å². The minimum absolute atomic E-state index is 0.0468. The lowest BCUT2D eigenvalue weighted by atomic mass is 10.2. The molecule has 6 nitrogen and oxygen atoms in total. The van der Waals surface area contributed by atoms with Crippen LogP contribution in [-0.4, -0.2) is 32.9 Å². The van der Waals surface area contributed by atoms with Crippen LogP contribution in [0.3, 0.4) is 0 Å². The molecule has 0 aromatic carbocycles. The zero-order chi connectivity index (χ0) is 13.1. The van der Waals surface area contributed by atoms with Crippen molar-refractivity contribution in [1.29, 1.82) is 0 Å². The van der Waals surface area contributed by atoms with Crippen LogP contribution in [0.4, 0.5) is 5.69 Å². The van der Waals surface area contributed by atoms with Crippen molar-refractivity contribution in [2.45, 2.75) is 6.54 Å². The fourth-order valence-corrected chi connectivity index (χ4v) is 1.69. The van der Waals surface area contributed by atoms with E-state index in [0.29, 0.717) is 6.54 Å². The van der Waals surface area contributed by atoms with Gasteiger partial charge in [0, 0.05) is 44.3 Å². The summed E-state index contributed by atoms with van der Waals surface area (Å²) in [7, 11) is 3.76. The number of carboxylic acids is 1. The molecular weight excluding hydrogens is 232 g/mol. The van der Waals surface area contributed by atoms with Crippen LogP contribution in [0.2, 0.25) is 0 Å². The van der Waals surface area contributed by atoms with Crippen molar-refractivity contribution in [3.8, 4) is 0 Å². The van der Waals surface area contributed by atoms with Crippen LogP contribution in [0.1, 0.15) is 16.1 Å². The summed E-state index contributed by atoms with van der Waals surface area (Å²) in [5.41, 5.74) is 1.92. The van der Waals surface area contributed by atoms with Gasteiger partial charge in [0.25, 0.3) is 0 Å². The predicted octanol–water partition coefficient (Wildman–Crippen LogP) is 1.15. The van der Waals surface area contributed by atoms with Crippen molar-refractivity contribution in [3.05, 3.63) is 42.0 Å². The van der Waals surface area contributed by atoms with E-state index in [1.165, 1.54) is 6.20 Å². The van der Waals surface area contributed by atoms with Crippen molar-refractivity contribution in [3.63, 3.8) is 0 Å². The third kappa shape index (κ3) is 2.65. The quantitative estimate of drug-likeness (QED) is 0.876. The third-order valence-corrected chi connectivity index (χ3v) is 2.58. The van der Waals surface area contributed by atoms with E-state index < -0.39 is 5.97 Å². The van der Waals surface area contributed by atoms with E-state index >= 15 is 0 Å². The molecule has 2 rings (SSSR count). The molecule has 6 heteroatoms. The van der Waals surface area contributed by atoms with Crippen LogP contribution in [0.25, 0.3) is 0 Å². The van der Waals surface area contributed by atoms with Crippen molar-refractivity contribution in [2.75, 3.05) is 11.9 Å². The number of nitrogens with zero attached hydrogens (tertiary/aromatic N) is 4. The van der Waals surface area contributed by atoms with E-state index in [0.717, 1.165) is 11.3 Å². The third-order valence-electron chi connectivity index (χ3n) is 2.58. The zero-order valence-corrected chi connectivity index (χ0v) is 10.2. The Morgan fingerprint density at radius 3 is 2.94 bits per heavy atom. The Hall–Kier alpha value is -2.37. The first-order valence-electron chi connectivity index (χ1n) is 5.44. The standard InChI is InChI=1S/C12H14N4O2/c1-15(7-9-6-14-16(2)8-9)10-3-4-13-11(5-10)12(17)18/h3-6,8H,7H2,1-2H3,(H,17,18). The molecule has 0 bridgehead atoms. The second-order valence-electron chi connectivity index (χ2n) is 4.08. The number of pyridine rings is 1. The molecule has 2 aromatic rings. The Bertz CT molecular complexity index is 565. The molecule has 2 heterocycles. The fourth-order valence-electron chi connectivity index (χ4n) is 1.69. The van der Waals surface area contributed by atoms with E-state index in [1.807, 2.05) is 25.2 Å². The molecular formula is C12H14N4O2. The number of carboxylic acid groups (broad SMARTS) is 1. The van der Waals surface area contributed by atoms with Gasteiger partial charge in [-0.1, -0.05) is 0 Å². The second-order valence-corrected chi connectivity index (χ2v) is 4.08. The molecule has 18 heavy (non-hydrogen) atoms. The Labute approximate surface area is 104 Å². The van der Waals surface area contributed by atoms with Gasteiger partial charge in [-0.25, -0.2) is 9.78 Å². The van der Waals surface area contributed by atoms with E-state index in [4.69, 9.17) is 5.11 Å². The summed E-state index contributed by atoms with van der Waals surface area (Å²) in [6.45, 7) is 0.664. The molecule has 0 saturated carbocycles. The maximum absolute atomic E-state index is 10.8. The maximum Gasteiger partial charge on any atom is 0.354 e. The van der Waals surface area contributed by atoms with Crippen LogP contribution >= 0.6 is 0 Å². The van der Waals surface area contributed by atoms with Crippen molar-refractivity contribution in [2.24, 2.45) is 7.05 Å². The van der Waals surface area contributed by atoms with E-state index in [2.05, 4.69) is 10.1 Å². The SMILES string of the molecule is CN(Cc1cnn(C)c1)c1ccnc(C(=O)O)c1. The highest BCUT2D eigenvalue weighted by Gasteiger charge is 2.08. The first-order chi connectivity index (χ1) is 8.56. The molecule has 0 aliphatic rings. The average molecular weight is 246 g/mol. The van der Waals surface area contributed by atoms with Gasteiger partial charge in [-0.3, -0.25) is 4.68 Å². The second kappa shape index (κ2) is 4.87. The van der Waals surface area contributed by atoms with Crippen LogP contribution in [0, 0.1) is 0 Å². The fraction of sp³-hybridized carbons (Fsp3) is 0.250. The number of aromatic carboxylic acids is 1. The van der Waals surface area contributed by atoms with Gasteiger partial charge in [0.05, 0.1) is 6.20 Å². The molecule has 0 atom stereocenters. The Kier molecular flexibility index (Phi) is 3.27. The average Bonchev–Trinajstić information content (AvgIpc) is 2.75. The van der Waals surface area contributed by atoms with Crippen molar-refractivity contribution < 1.29 is 9.90 Å². The van der Waals surface area contributed by atoms with E-state index in [1.54, 1.807) is 23.0 Å². The molecule has 0 saturated heterocycles. The highest BCUT2D eigenvalue weighted by atomic mass is 16.4.